The van der Waals surface area contributed by atoms with E-state index in [-0.39, 0.29) is 21.4 Å². The molecule has 0 saturated carbocycles. The molecular weight excluding hydrogens is 368 g/mol. The van der Waals surface area contributed by atoms with Crippen molar-refractivity contribution in [2.24, 2.45) is 0 Å². The van der Waals surface area contributed by atoms with Crippen LogP contribution in [0.4, 0.5) is 24.5 Å². The molecular formula is C15H9Cl2F3N2O2. The molecule has 0 heterocycles. The van der Waals surface area contributed by atoms with Gasteiger partial charge < -0.3 is 10.6 Å². The van der Waals surface area contributed by atoms with Crippen LogP contribution in [-0.2, 0) is 15.8 Å². The molecule has 0 bridgehead atoms. The number of benzene rings is 2. The van der Waals surface area contributed by atoms with E-state index in [4.69, 9.17) is 23.2 Å². The largest absolute Gasteiger partial charge is 0.416 e. The minimum Gasteiger partial charge on any atom is -0.318 e. The average molecular weight is 377 g/mol. The highest BCUT2D eigenvalue weighted by Crippen LogP contribution is 2.30. The molecule has 0 aromatic heterocycles. The summed E-state index contributed by atoms with van der Waals surface area (Å²) in [4.78, 5) is 23.6. The third-order valence-corrected chi connectivity index (χ3v) is 3.21. The number of rotatable bonds is 2. The fourth-order valence-corrected chi connectivity index (χ4v) is 2.30. The minimum absolute atomic E-state index is 0.158. The van der Waals surface area contributed by atoms with Crippen molar-refractivity contribution in [1.29, 1.82) is 0 Å². The standard InChI is InChI=1S/C15H9Cl2F3N2O2/c16-9-5-10(17)7-12(6-9)22-14(24)13(23)21-11-3-1-2-8(4-11)15(18,19)20/h1-7H,(H,21,23)(H,22,24). The van der Waals surface area contributed by atoms with Crippen molar-refractivity contribution in [1.82, 2.24) is 0 Å². The first kappa shape index (κ1) is 18.1. The summed E-state index contributed by atoms with van der Waals surface area (Å²) in [6.45, 7) is 0. The van der Waals surface area contributed by atoms with Crippen LogP contribution in [0.25, 0.3) is 0 Å². The highest BCUT2D eigenvalue weighted by atomic mass is 35.5. The lowest BCUT2D eigenvalue weighted by molar-refractivity contribution is -0.137. The van der Waals surface area contributed by atoms with Crippen LogP contribution in [0.2, 0.25) is 10.0 Å². The predicted molar refractivity (Wildman–Crippen MR) is 85.2 cm³/mol. The van der Waals surface area contributed by atoms with Crippen LogP contribution >= 0.6 is 23.2 Å². The monoisotopic (exact) mass is 376 g/mol. The van der Waals surface area contributed by atoms with E-state index in [0.29, 0.717) is 0 Å². The first-order chi connectivity index (χ1) is 11.1. The highest BCUT2D eigenvalue weighted by molar-refractivity contribution is 6.44. The normalized spacial score (nSPS) is 11.0. The van der Waals surface area contributed by atoms with Gasteiger partial charge in [-0.15, -0.1) is 0 Å². The molecule has 0 unspecified atom stereocenters. The van der Waals surface area contributed by atoms with Gasteiger partial charge in [0.25, 0.3) is 0 Å². The van der Waals surface area contributed by atoms with E-state index in [2.05, 4.69) is 10.6 Å². The van der Waals surface area contributed by atoms with E-state index in [9.17, 15) is 22.8 Å². The molecule has 24 heavy (non-hydrogen) atoms. The lowest BCUT2D eigenvalue weighted by Gasteiger charge is -2.10. The van der Waals surface area contributed by atoms with Gasteiger partial charge in [-0.1, -0.05) is 29.3 Å². The van der Waals surface area contributed by atoms with Crippen LogP contribution < -0.4 is 10.6 Å². The molecule has 0 aliphatic rings. The van der Waals surface area contributed by atoms with Gasteiger partial charge in [-0.2, -0.15) is 13.2 Å². The van der Waals surface area contributed by atoms with Crippen molar-refractivity contribution in [3.63, 3.8) is 0 Å². The molecule has 2 aromatic carbocycles. The molecule has 0 spiro atoms. The zero-order valence-electron chi connectivity index (χ0n) is 11.7. The van der Waals surface area contributed by atoms with Crippen molar-refractivity contribution >= 4 is 46.4 Å². The van der Waals surface area contributed by atoms with Gasteiger partial charge in [0.2, 0.25) is 0 Å². The molecule has 0 aliphatic carbocycles. The molecule has 4 nitrogen and oxygen atoms in total. The van der Waals surface area contributed by atoms with Crippen molar-refractivity contribution in [3.8, 4) is 0 Å². The Labute approximate surface area is 144 Å². The second-order valence-electron chi connectivity index (χ2n) is 4.64. The van der Waals surface area contributed by atoms with Gasteiger partial charge in [0, 0.05) is 21.4 Å². The van der Waals surface area contributed by atoms with Crippen LogP contribution in [0.5, 0.6) is 0 Å². The number of carbonyl (C=O) groups excluding carboxylic acids is 2. The van der Waals surface area contributed by atoms with E-state index in [1.165, 1.54) is 24.3 Å². The smallest absolute Gasteiger partial charge is 0.318 e. The first-order valence-electron chi connectivity index (χ1n) is 6.41. The Hall–Kier alpha value is -2.25. The van der Waals surface area contributed by atoms with Gasteiger partial charge in [-0.25, -0.2) is 0 Å². The first-order valence-corrected chi connectivity index (χ1v) is 7.16. The van der Waals surface area contributed by atoms with E-state index in [0.717, 1.165) is 18.2 Å². The molecule has 0 aliphatic heterocycles. The molecule has 2 aromatic rings. The zero-order chi connectivity index (χ0) is 17.9. The number of alkyl halides is 3. The quantitative estimate of drug-likeness (QED) is 0.753. The van der Waals surface area contributed by atoms with Crippen molar-refractivity contribution < 1.29 is 22.8 Å². The van der Waals surface area contributed by atoms with Gasteiger partial charge >= 0.3 is 18.0 Å². The van der Waals surface area contributed by atoms with E-state index in [1.54, 1.807) is 0 Å². The summed E-state index contributed by atoms with van der Waals surface area (Å²) in [6, 6.07) is 8.09. The second kappa shape index (κ2) is 7.11. The lowest BCUT2D eigenvalue weighted by Crippen LogP contribution is -2.29. The maximum Gasteiger partial charge on any atom is 0.416 e. The SMILES string of the molecule is O=C(Nc1cc(Cl)cc(Cl)c1)C(=O)Nc1cccc(C(F)(F)F)c1. The summed E-state index contributed by atoms with van der Waals surface area (Å²) < 4.78 is 37.8. The zero-order valence-corrected chi connectivity index (χ0v) is 13.3. The summed E-state index contributed by atoms with van der Waals surface area (Å²) in [5.74, 6) is -2.21. The molecule has 0 fully saturated rings. The minimum atomic E-state index is -4.56. The number of carbonyl (C=O) groups is 2. The topological polar surface area (TPSA) is 58.2 Å². The second-order valence-corrected chi connectivity index (χ2v) is 5.52. The Morgan fingerprint density at radius 3 is 1.92 bits per heavy atom. The summed E-state index contributed by atoms with van der Waals surface area (Å²) in [5, 5.41) is 4.83. The maximum absolute atomic E-state index is 12.6. The summed E-state index contributed by atoms with van der Waals surface area (Å²) in [7, 11) is 0. The molecule has 2 N–H and O–H groups in total. The maximum atomic E-state index is 12.6. The van der Waals surface area contributed by atoms with Gasteiger partial charge in [0.05, 0.1) is 5.56 Å². The molecule has 126 valence electrons. The van der Waals surface area contributed by atoms with Gasteiger partial charge in [0.15, 0.2) is 0 Å². The molecule has 0 atom stereocenters. The summed E-state index contributed by atoms with van der Waals surface area (Å²) in [6.07, 6.45) is -4.56. The van der Waals surface area contributed by atoms with Crippen LogP contribution in [0.15, 0.2) is 42.5 Å². The number of anilines is 2. The Balaban J connectivity index is 2.08. The Morgan fingerprint density at radius 2 is 1.38 bits per heavy atom. The van der Waals surface area contributed by atoms with Crippen molar-refractivity contribution in [2.75, 3.05) is 10.6 Å². The molecule has 0 saturated heterocycles. The lowest BCUT2D eigenvalue weighted by atomic mass is 10.2. The van der Waals surface area contributed by atoms with Crippen LogP contribution in [0.3, 0.4) is 0 Å². The van der Waals surface area contributed by atoms with Crippen molar-refractivity contribution in [3.05, 3.63) is 58.1 Å². The molecule has 9 heteroatoms. The van der Waals surface area contributed by atoms with Crippen LogP contribution in [0, 0.1) is 0 Å². The number of amides is 2. The van der Waals surface area contributed by atoms with E-state index in [1.807, 2.05) is 0 Å². The third kappa shape index (κ3) is 4.87. The highest BCUT2D eigenvalue weighted by Gasteiger charge is 2.30. The number of nitrogens with one attached hydrogen (secondary N) is 2. The molecule has 0 radical (unpaired) electrons. The number of hydrogen-bond donors (Lipinski definition) is 2. The number of hydrogen-bond acceptors (Lipinski definition) is 2. The van der Waals surface area contributed by atoms with Crippen molar-refractivity contribution in [2.45, 2.75) is 6.18 Å². The average Bonchev–Trinajstić information content (AvgIpc) is 2.45. The Kier molecular flexibility index (Phi) is 5.36. The molecule has 2 amide bonds. The van der Waals surface area contributed by atoms with Gasteiger partial charge in [-0.3, -0.25) is 9.59 Å². The van der Waals surface area contributed by atoms with Gasteiger partial charge in [-0.05, 0) is 36.4 Å². The van der Waals surface area contributed by atoms with E-state index < -0.39 is 23.6 Å². The Bertz CT molecular complexity index is 774. The third-order valence-electron chi connectivity index (χ3n) is 2.77. The fourth-order valence-electron chi connectivity index (χ4n) is 1.77. The summed E-state index contributed by atoms with van der Waals surface area (Å²) >= 11 is 11.5. The summed E-state index contributed by atoms with van der Waals surface area (Å²) in [5.41, 5.74) is -0.923. The Morgan fingerprint density at radius 1 is 0.833 bits per heavy atom. The van der Waals surface area contributed by atoms with Crippen LogP contribution in [-0.4, -0.2) is 11.8 Å². The number of halogens is 5. The van der Waals surface area contributed by atoms with Gasteiger partial charge in [0.1, 0.15) is 0 Å². The molecule has 2 rings (SSSR count). The fraction of sp³-hybridized carbons (Fsp3) is 0.0667. The predicted octanol–water partition coefficient (Wildman–Crippen LogP) is 4.59. The van der Waals surface area contributed by atoms with Crippen LogP contribution in [0.1, 0.15) is 5.56 Å². The van der Waals surface area contributed by atoms with E-state index >= 15 is 0 Å².